The van der Waals surface area contributed by atoms with Crippen LogP contribution in [0.5, 0.6) is 5.75 Å². The normalized spacial score (nSPS) is 15.9. The molecule has 1 atom stereocenters. The number of rotatable bonds is 6. The summed E-state index contributed by atoms with van der Waals surface area (Å²) in [6.45, 7) is 10.4. The van der Waals surface area contributed by atoms with Crippen molar-refractivity contribution in [3.8, 4) is 22.9 Å². The average Bonchev–Trinajstić information content (AvgIpc) is 3.38. The third-order valence-electron chi connectivity index (χ3n) is 6.16. The SMILES string of the molecule is CCOc1ccccc1-c1cc(C(C)C)nc(N2CCN(C(=O)c3ccoc3)C(C)C2)c1C#N. The average molecular weight is 459 g/mol. The van der Waals surface area contributed by atoms with Crippen LogP contribution in [0.2, 0.25) is 0 Å². The maximum absolute atomic E-state index is 12.9. The third kappa shape index (κ3) is 4.49. The summed E-state index contributed by atoms with van der Waals surface area (Å²) in [6, 6.07) is 13.9. The van der Waals surface area contributed by atoms with E-state index in [9.17, 15) is 10.1 Å². The van der Waals surface area contributed by atoms with Crippen molar-refractivity contribution < 1.29 is 13.9 Å². The van der Waals surface area contributed by atoms with Crippen LogP contribution in [0.15, 0.2) is 53.3 Å². The van der Waals surface area contributed by atoms with Crippen molar-refractivity contribution >= 4 is 11.7 Å². The monoisotopic (exact) mass is 458 g/mol. The molecule has 34 heavy (non-hydrogen) atoms. The van der Waals surface area contributed by atoms with E-state index in [0.717, 1.165) is 22.6 Å². The zero-order valence-corrected chi connectivity index (χ0v) is 20.1. The van der Waals surface area contributed by atoms with Crippen molar-refractivity contribution in [1.29, 1.82) is 5.26 Å². The molecule has 1 unspecified atom stereocenters. The Hall–Kier alpha value is -3.79. The Morgan fingerprint density at radius 1 is 1.26 bits per heavy atom. The number of nitrogens with zero attached hydrogens (tertiary/aromatic N) is 4. The van der Waals surface area contributed by atoms with Crippen molar-refractivity contribution in [2.75, 3.05) is 31.1 Å². The second-order valence-electron chi connectivity index (χ2n) is 8.79. The van der Waals surface area contributed by atoms with Crippen LogP contribution in [-0.2, 0) is 0 Å². The summed E-state index contributed by atoms with van der Waals surface area (Å²) in [7, 11) is 0. The molecule has 3 heterocycles. The first-order valence-electron chi connectivity index (χ1n) is 11.7. The van der Waals surface area contributed by atoms with Crippen LogP contribution in [0, 0.1) is 11.3 Å². The van der Waals surface area contributed by atoms with E-state index in [0.29, 0.717) is 43.2 Å². The molecule has 1 fully saturated rings. The summed E-state index contributed by atoms with van der Waals surface area (Å²) in [4.78, 5) is 21.8. The van der Waals surface area contributed by atoms with E-state index < -0.39 is 0 Å². The molecule has 1 amide bonds. The van der Waals surface area contributed by atoms with Crippen LogP contribution >= 0.6 is 0 Å². The van der Waals surface area contributed by atoms with E-state index in [4.69, 9.17) is 14.1 Å². The Labute approximate surface area is 200 Å². The van der Waals surface area contributed by atoms with Gasteiger partial charge in [-0.2, -0.15) is 5.26 Å². The number of furan rings is 1. The van der Waals surface area contributed by atoms with Gasteiger partial charge in [-0.25, -0.2) is 4.98 Å². The number of hydrogen-bond acceptors (Lipinski definition) is 6. The lowest BCUT2D eigenvalue weighted by molar-refractivity contribution is 0.0673. The van der Waals surface area contributed by atoms with Crippen LogP contribution in [0.25, 0.3) is 11.1 Å². The number of carbonyl (C=O) groups excluding carboxylic acids is 1. The lowest BCUT2D eigenvalue weighted by atomic mass is 9.96. The fourth-order valence-corrected chi connectivity index (χ4v) is 4.37. The van der Waals surface area contributed by atoms with E-state index in [2.05, 4.69) is 24.8 Å². The minimum Gasteiger partial charge on any atom is -0.493 e. The molecular formula is C27H30N4O3. The van der Waals surface area contributed by atoms with Crippen molar-refractivity contribution in [3.63, 3.8) is 0 Å². The standard InChI is InChI=1S/C27H30N4O3/c1-5-34-25-9-7-6-8-21(25)22-14-24(18(2)3)29-26(23(22)15-28)30-11-12-31(19(4)16-30)27(32)20-10-13-33-17-20/h6-10,13-14,17-19H,5,11-12,16H2,1-4H3. The van der Waals surface area contributed by atoms with E-state index in [1.807, 2.05) is 49.1 Å². The lowest BCUT2D eigenvalue weighted by Gasteiger charge is -2.40. The molecule has 176 valence electrons. The molecule has 0 N–H and O–H groups in total. The number of amides is 1. The number of pyridine rings is 1. The highest BCUT2D eigenvalue weighted by Crippen LogP contribution is 2.38. The van der Waals surface area contributed by atoms with Gasteiger partial charge < -0.3 is 19.0 Å². The molecule has 1 aromatic carbocycles. The van der Waals surface area contributed by atoms with Crippen LogP contribution in [-0.4, -0.2) is 48.1 Å². The van der Waals surface area contributed by atoms with Gasteiger partial charge in [-0.1, -0.05) is 32.0 Å². The summed E-state index contributed by atoms with van der Waals surface area (Å²) in [5, 5.41) is 10.2. The molecule has 0 bridgehead atoms. The maximum atomic E-state index is 12.9. The number of anilines is 1. The number of benzene rings is 1. The number of piperazine rings is 1. The molecule has 0 saturated carbocycles. The fraction of sp³-hybridized carbons (Fsp3) is 0.370. The zero-order valence-electron chi connectivity index (χ0n) is 20.1. The molecule has 7 heteroatoms. The van der Waals surface area contributed by atoms with Gasteiger partial charge in [0.25, 0.3) is 5.91 Å². The highest BCUT2D eigenvalue weighted by atomic mass is 16.5. The van der Waals surface area contributed by atoms with Crippen LogP contribution in [0.4, 0.5) is 5.82 Å². The van der Waals surface area contributed by atoms with Crippen molar-refractivity contribution in [2.45, 2.75) is 39.7 Å². The lowest BCUT2D eigenvalue weighted by Crippen LogP contribution is -2.54. The molecule has 1 aliphatic rings. The second kappa shape index (κ2) is 10.0. The molecule has 7 nitrogen and oxygen atoms in total. The maximum Gasteiger partial charge on any atom is 0.257 e. The Morgan fingerprint density at radius 2 is 2.06 bits per heavy atom. The number of nitriles is 1. The van der Waals surface area contributed by atoms with E-state index in [1.165, 1.54) is 12.5 Å². The highest BCUT2D eigenvalue weighted by Gasteiger charge is 2.31. The summed E-state index contributed by atoms with van der Waals surface area (Å²) in [5.74, 6) is 1.55. The second-order valence-corrected chi connectivity index (χ2v) is 8.79. The number of ether oxygens (including phenoxy) is 1. The largest absolute Gasteiger partial charge is 0.493 e. The molecule has 4 rings (SSSR count). The number of para-hydroxylation sites is 1. The molecule has 3 aromatic rings. The topological polar surface area (TPSA) is 82.6 Å². The minimum atomic E-state index is -0.0497. The van der Waals surface area contributed by atoms with E-state index >= 15 is 0 Å². The van der Waals surface area contributed by atoms with Crippen LogP contribution in [0.3, 0.4) is 0 Å². The first kappa shape index (κ1) is 23.4. The van der Waals surface area contributed by atoms with E-state index in [-0.39, 0.29) is 17.9 Å². The Balaban J connectivity index is 1.73. The highest BCUT2D eigenvalue weighted by molar-refractivity contribution is 5.94. The van der Waals surface area contributed by atoms with Crippen LogP contribution < -0.4 is 9.64 Å². The molecule has 0 aliphatic carbocycles. The van der Waals surface area contributed by atoms with Gasteiger partial charge in [-0.3, -0.25) is 4.79 Å². The quantitative estimate of drug-likeness (QED) is 0.512. The first-order chi connectivity index (χ1) is 16.4. The minimum absolute atomic E-state index is 0.0448. The van der Waals surface area contributed by atoms with Gasteiger partial charge in [0.05, 0.1) is 18.4 Å². The number of hydrogen-bond donors (Lipinski definition) is 0. The molecule has 1 aliphatic heterocycles. The van der Waals surface area contributed by atoms with E-state index in [1.54, 1.807) is 6.07 Å². The van der Waals surface area contributed by atoms with Gasteiger partial charge in [0.1, 0.15) is 29.5 Å². The van der Waals surface area contributed by atoms with Crippen molar-refractivity contribution in [3.05, 3.63) is 65.7 Å². The fourth-order valence-electron chi connectivity index (χ4n) is 4.37. The van der Waals surface area contributed by atoms with Crippen molar-refractivity contribution in [1.82, 2.24) is 9.88 Å². The third-order valence-corrected chi connectivity index (χ3v) is 6.16. The Bertz CT molecular complexity index is 1200. The summed E-state index contributed by atoms with van der Waals surface area (Å²) in [5.41, 5.74) is 3.70. The van der Waals surface area contributed by atoms with Gasteiger partial charge in [0, 0.05) is 42.5 Å². The van der Waals surface area contributed by atoms with Gasteiger partial charge in [0.2, 0.25) is 0 Å². The smallest absolute Gasteiger partial charge is 0.257 e. The molecule has 0 spiro atoms. The van der Waals surface area contributed by atoms with Gasteiger partial charge in [-0.05, 0) is 38.0 Å². The zero-order chi connectivity index (χ0) is 24.2. The van der Waals surface area contributed by atoms with Gasteiger partial charge >= 0.3 is 0 Å². The molecule has 1 saturated heterocycles. The van der Waals surface area contributed by atoms with Gasteiger partial charge in [-0.15, -0.1) is 0 Å². The van der Waals surface area contributed by atoms with Crippen molar-refractivity contribution in [2.24, 2.45) is 0 Å². The molecular weight excluding hydrogens is 428 g/mol. The first-order valence-corrected chi connectivity index (χ1v) is 11.7. The summed E-state index contributed by atoms with van der Waals surface area (Å²) < 4.78 is 11.0. The molecule has 2 aromatic heterocycles. The summed E-state index contributed by atoms with van der Waals surface area (Å²) >= 11 is 0. The summed E-state index contributed by atoms with van der Waals surface area (Å²) in [6.07, 6.45) is 2.99. The number of carbonyl (C=O) groups is 1. The molecule has 0 radical (unpaired) electrons. The van der Waals surface area contributed by atoms with Crippen LogP contribution in [0.1, 0.15) is 55.2 Å². The predicted molar refractivity (Wildman–Crippen MR) is 131 cm³/mol. The predicted octanol–water partition coefficient (Wildman–Crippen LogP) is 5.09. The Kier molecular flexibility index (Phi) is 6.87. The van der Waals surface area contributed by atoms with Gasteiger partial charge in [0.15, 0.2) is 0 Å². The Morgan fingerprint density at radius 3 is 2.71 bits per heavy atom. The number of aromatic nitrogens is 1.